The van der Waals surface area contributed by atoms with E-state index in [9.17, 15) is 4.79 Å². The van der Waals surface area contributed by atoms with Crippen LogP contribution in [-0.2, 0) is 9.59 Å². The summed E-state index contributed by atoms with van der Waals surface area (Å²) in [6, 6.07) is 0. The first-order valence-electron chi connectivity index (χ1n) is 4.54. The van der Waals surface area contributed by atoms with Gasteiger partial charge in [-0.2, -0.15) is 0 Å². The smallest absolute Gasteiger partial charge is 0.120 e. The molecular weight excluding hydrogens is 164 g/mol. The van der Waals surface area contributed by atoms with E-state index in [1.54, 1.807) is 0 Å². The SMILES string of the molecule is C=O.CC(C)=CCC1(CC=O)CC1. The Kier molecular flexibility index (Phi) is 5.28. The molecule has 0 radical (unpaired) electrons. The average Bonchev–Trinajstić information content (AvgIpc) is 2.87. The van der Waals surface area contributed by atoms with Crippen LogP contribution in [-0.4, -0.2) is 13.1 Å². The second kappa shape index (κ2) is 5.68. The minimum absolute atomic E-state index is 0.388. The molecule has 0 N–H and O–H groups in total. The lowest BCUT2D eigenvalue weighted by Gasteiger charge is -2.06. The topological polar surface area (TPSA) is 34.1 Å². The highest BCUT2D eigenvalue weighted by Crippen LogP contribution is 2.51. The summed E-state index contributed by atoms with van der Waals surface area (Å²) in [7, 11) is 0. The van der Waals surface area contributed by atoms with Crippen molar-refractivity contribution in [3.8, 4) is 0 Å². The molecule has 1 rings (SSSR count). The van der Waals surface area contributed by atoms with E-state index in [-0.39, 0.29) is 0 Å². The van der Waals surface area contributed by atoms with Crippen LogP contribution < -0.4 is 0 Å². The van der Waals surface area contributed by atoms with Gasteiger partial charge in [-0.1, -0.05) is 11.6 Å². The van der Waals surface area contributed by atoms with Crippen molar-refractivity contribution in [1.29, 1.82) is 0 Å². The molecule has 0 heterocycles. The molecule has 0 amide bonds. The van der Waals surface area contributed by atoms with E-state index in [0.717, 1.165) is 19.1 Å². The van der Waals surface area contributed by atoms with Crippen LogP contribution in [0.2, 0.25) is 0 Å². The van der Waals surface area contributed by atoms with Gasteiger partial charge in [0.25, 0.3) is 0 Å². The molecule has 74 valence electrons. The van der Waals surface area contributed by atoms with Gasteiger partial charge >= 0.3 is 0 Å². The molecular formula is C11H18O2. The summed E-state index contributed by atoms with van der Waals surface area (Å²) in [5.41, 5.74) is 1.75. The Balaban J connectivity index is 0.000000671. The highest BCUT2D eigenvalue weighted by Gasteiger charge is 2.40. The van der Waals surface area contributed by atoms with Crippen molar-refractivity contribution < 1.29 is 9.59 Å². The summed E-state index contributed by atoms with van der Waals surface area (Å²) in [6.07, 6.45) is 7.66. The van der Waals surface area contributed by atoms with Crippen LogP contribution in [0.3, 0.4) is 0 Å². The van der Waals surface area contributed by atoms with Gasteiger partial charge in [-0.25, -0.2) is 0 Å². The number of rotatable bonds is 4. The molecule has 13 heavy (non-hydrogen) atoms. The van der Waals surface area contributed by atoms with Crippen molar-refractivity contribution in [2.75, 3.05) is 0 Å². The minimum atomic E-state index is 0.388. The van der Waals surface area contributed by atoms with Gasteiger partial charge in [0, 0.05) is 6.42 Å². The molecule has 0 saturated heterocycles. The number of allylic oxidation sites excluding steroid dienone is 2. The van der Waals surface area contributed by atoms with Crippen LogP contribution in [0.1, 0.15) is 39.5 Å². The highest BCUT2D eigenvalue weighted by atomic mass is 16.1. The maximum atomic E-state index is 10.3. The Labute approximate surface area is 80.0 Å². The van der Waals surface area contributed by atoms with Crippen molar-refractivity contribution in [3.63, 3.8) is 0 Å². The van der Waals surface area contributed by atoms with Crippen molar-refractivity contribution in [2.24, 2.45) is 5.41 Å². The molecule has 2 heteroatoms. The fraction of sp³-hybridized carbons (Fsp3) is 0.636. The quantitative estimate of drug-likeness (QED) is 0.494. The summed E-state index contributed by atoms with van der Waals surface area (Å²) in [4.78, 5) is 18.3. The summed E-state index contributed by atoms with van der Waals surface area (Å²) in [5.74, 6) is 0. The lowest BCUT2D eigenvalue weighted by Crippen LogP contribution is -1.98. The Bertz CT molecular complexity index is 186. The number of hydrogen-bond acceptors (Lipinski definition) is 2. The van der Waals surface area contributed by atoms with Crippen molar-refractivity contribution in [2.45, 2.75) is 39.5 Å². The highest BCUT2D eigenvalue weighted by molar-refractivity contribution is 5.51. The maximum Gasteiger partial charge on any atom is 0.120 e. The van der Waals surface area contributed by atoms with E-state index in [1.165, 1.54) is 18.4 Å². The van der Waals surface area contributed by atoms with Crippen molar-refractivity contribution in [1.82, 2.24) is 0 Å². The third kappa shape index (κ3) is 4.61. The predicted octanol–water partition coefficient (Wildman–Crippen LogP) is 2.53. The second-order valence-corrected chi connectivity index (χ2v) is 3.86. The van der Waals surface area contributed by atoms with Gasteiger partial charge in [0.05, 0.1) is 0 Å². The first kappa shape index (κ1) is 12.1. The van der Waals surface area contributed by atoms with Crippen LogP contribution >= 0.6 is 0 Å². The number of carbonyl (C=O) groups excluding carboxylic acids is 2. The van der Waals surface area contributed by atoms with Crippen molar-refractivity contribution >= 4 is 13.1 Å². The van der Waals surface area contributed by atoms with E-state index in [2.05, 4.69) is 19.9 Å². The number of aldehydes is 1. The van der Waals surface area contributed by atoms with Crippen LogP contribution in [0, 0.1) is 5.41 Å². The third-order valence-corrected chi connectivity index (χ3v) is 2.42. The summed E-state index contributed by atoms with van der Waals surface area (Å²) >= 11 is 0. The van der Waals surface area contributed by atoms with Gasteiger partial charge in [-0.15, -0.1) is 0 Å². The normalized spacial score (nSPS) is 16.5. The van der Waals surface area contributed by atoms with E-state index < -0.39 is 0 Å². The van der Waals surface area contributed by atoms with E-state index >= 15 is 0 Å². The average molecular weight is 182 g/mol. The zero-order valence-corrected chi connectivity index (χ0v) is 8.51. The second-order valence-electron chi connectivity index (χ2n) is 3.86. The largest absolute Gasteiger partial charge is 0.307 e. The van der Waals surface area contributed by atoms with Gasteiger partial charge in [-0.05, 0) is 38.5 Å². The summed E-state index contributed by atoms with van der Waals surface area (Å²) in [5, 5.41) is 0. The molecule has 0 aromatic heterocycles. The molecule has 0 atom stereocenters. The molecule has 0 spiro atoms. The van der Waals surface area contributed by atoms with Gasteiger partial charge in [0.1, 0.15) is 13.1 Å². The van der Waals surface area contributed by atoms with Crippen molar-refractivity contribution in [3.05, 3.63) is 11.6 Å². The van der Waals surface area contributed by atoms with Gasteiger partial charge < -0.3 is 9.59 Å². The van der Waals surface area contributed by atoms with Gasteiger partial charge in [0.2, 0.25) is 0 Å². The molecule has 2 nitrogen and oxygen atoms in total. The van der Waals surface area contributed by atoms with Crippen LogP contribution in [0.25, 0.3) is 0 Å². The Morgan fingerprint density at radius 2 is 1.85 bits per heavy atom. The molecule has 1 saturated carbocycles. The first-order chi connectivity index (χ1) is 6.18. The van der Waals surface area contributed by atoms with E-state index in [1.807, 2.05) is 6.79 Å². The molecule has 1 fully saturated rings. The Hall–Kier alpha value is -0.920. The summed E-state index contributed by atoms with van der Waals surface area (Å²) < 4.78 is 0. The molecule has 1 aliphatic carbocycles. The summed E-state index contributed by atoms with van der Waals surface area (Å²) in [6.45, 7) is 6.22. The predicted molar refractivity (Wildman–Crippen MR) is 53.5 cm³/mol. The van der Waals surface area contributed by atoms with Gasteiger partial charge in [0.15, 0.2) is 0 Å². The zero-order valence-electron chi connectivity index (χ0n) is 8.51. The lowest BCUT2D eigenvalue weighted by molar-refractivity contribution is -0.108. The maximum absolute atomic E-state index is 10.3. The molecule has 1 aliphatic rings. The Morgan fingerprint density at radius 3 is 2.15 bits per heavy atom. The Morgan fingerprint density at radius 1 is 1.31 bits per heavy atom. The van der Waals surface area contributed by atoms with Crippen LogP contribution in [0.15, 0.2) is 11.6 Å². The van der Waals surface area contributed by atoms with Crippen LogP contribution in [0.5, 0.6) is 0 Å². The molecule has 0 aromatic carbocycles. The standard InChI is InChI=1S/C10H16O.CH2O/c1-9(2)3-4-10(5-6-10)7-8-11;1-2/h3,8H,4-7H2,1-2H3;1H2. The number of carbonyl (C=O) groups is 2. The van der Waals surface area contributed by atoms with E-state index in [0.29, 0.717) is 5.41 Å². The molecule has 0 aliphatic heterocycles. The van der Waals surface area contributed by atoms with Gasteiger partial charge in [-0.3, -0.25) is 0 Å². The molecule has 0 unspecified atom stereocenters. The molecule has 0 aromatic rings. The first-order valence-corrected chi connectivity index (χ1v) is 4.54. The van der Waals surface area contributed by atoms with Crippen LogP contribution in [0.4, 0.5) is 0 Å². The third-order valence-electron chi connectivity index (χ3n) is 2.42. The zero-order chi connectivity index (χ0) is 10.3. The minimum Gasteiger partial charge on any atom is -0.307 e. The monoisotopic (exact) mass is 182 g/mol. The fourth-order valence-electron chi connectivity index (χ4n) is 1.27. The fourth-order valence-corrected chi connectivity index (χ4v) is 1.27. The molecule has 0 bridgehead atoms. The van der Waals surface area contributed by atoms with E-state index in [4.69, 9.17) is 4.79 Å². The lowest BCUT2D eigenvalue weighted by atomic mass is 9.98. The number of hydrogen-bond donors (Lipinski definition) is 0.